The summed E-state index contributed by atoms with van der Waals surface area (Å²) in [5.74, 6) is 0.329. The lowest BCUT2D eigenvalue weighted by atomic mass is 10.1. The molecule has 3 rings (SSSR count). The standard InChI is InChI=1S/C20H18BrN3O/c1-14(15-6-3-2-4-7-15)23-18-10-11-19(22-13-18)24-20(25)16-8-5-9-17(21)12-16/h2-14,23H,1H3,(H,22,24,25). The van der Waals surface area contributed by atoms with E-state index in [1.54, 1.807) is 24.4 Å². The van der Waals surface area contributed by atoms with Crippen molar-refractivity contribution in [1.82, 2.24) is 4.98 Å². The molecule has 4 nitrogen and oxygen atoms in total. The fraction of sp³-hybridized carbons (Fsp3) is 0.100. The number of hydrogen-bond acceptors (Lipinski definition) is 3. The molecule has 5 heteroatoms. The second-order valence-corrected chi connectivity index (χ2v) is 6.59. The van der Waals surface area contributed by atoms with E-state index in [2.05, 4.69) is 50.6 Å². The normalized spacial score (nSPS) is 11.6. The van der Waals surface area contributed by atoms with Crippen LogP contribution in [0.25, 0.3) is 0 Å². The van der Waals surface area contributed by atoms with Crippen LogP contribution in [0.1, 0.15) is 28.9 Å². The van der Waals surface area contributed by atoms with Gasteiger partial charge in [0.25, 0.3) is 5.91 Å². The molecule has 0 spiro atoms. The zero-order chi connectivity index (χ0) is 17.6. The van der Waals surface area contributed by atoms with Crippen LogP contribution in [-0.4, -0.2) is 10.9 Å². The van der Waals surface area contributed by atoms with Gasteiger partial charge in [0.1, 0.15) is 5.82 Å². The van der Waals surface area contributed by atoms with Crippen LogP contribution >= 0.6 is 15.9 Å². The Bertz CT molecular complexity index is 850. The molecule has 25 heavy (non-hydrogen) atoms. The van der Waals surface area contributed by atoms with Crippen molar-refractivity contribution in [3.05, 3.63) is 88.5 Å². The van der Waals surface area contributed by atoms with Crippen LogP contribution in [-0.2, 0) is 0 Å². The van der Waals surface area contributed by atoms with Crippen molar-refractivity contribution >= 4 is 33.3 Å². The Hall–Kier alpha value is -2.66. The lowest BCUT2D eigenvalue weighted by Gasteiger charge is -2.15. The van der Waals surface area contributed by atoms with E-state index in [9.17, 15) is 4.79 Å². The van der Waals surface area contributed by atoms with Crippen LogP contribution in [0.15, 0.2) is 77.4 Å². The van der Waals surface area contributed by atoms with Crippen LogP contribution in [0.5, 0.6) is 0 Å². The fourth-order valence-corrected chi connectivity index (χ4v) is 2.85. The van der Waals surface area contributed by atoms with E-state index in [4.69, 9.17) is 0 Å². The van der Waals surface area contributed by atoms with E-state index >= 15 is 0 Å². The zero-order valence-corrected chi connectivity index (χ0v) is 15.3. The average molecular weight is 396 g/mol. The first-order valence-electron chi connectivity index (χ1n) is 7.96. The summed E-state index contributed by atoms with van der Waals surface area (Å²) in [5, 5.41) is 6.20. The third-order valence-corrected chi connectivity index (χ3v) is 4.27. The fourth-order valence-electron chi connectivity index (χ4n) is 2.45. The molecule has 1 amide bonds. The van der Waals surface area contributed by atoms with Gasteiger partial charge in [-0.3, -0.25) is 4.79 Å². The molecule has 0 bridgehead atoms. The Morgan fingerprint density at radius 3 is 2.52 bits per heavy atom. The van der Waals surface area contributed by atoms with Gasteiger partial charge in [-0.25, -0.2) is 4.98 Å². The number of carbonyl (C=O) groups is 1. The number of rotatable bonds is 5. The van der Waals surface area contributed by atoms with E-state index in [-0.39, 0.29) is 11.9 Å². The molecule has 0 saturated heterocycles. The third kappa shape index (κ3) is 4.67. The van der Waals surface area contributed by atoms with E-state index < -0.39 is 0 Å². The molecule has 1 atom stereocenters. The van der Waals surface area contributed by atoms with Crippen LogP contribution in [0, 0.1) is 0 Å². The SMILES string of the molecule is CC(Nc1ccc(NC(=O)c2cccc(Br)c2)nc1)c1ccccc1. The monoisotopic (exact) mass is 395 g/mol. The molecule has 0 fully saturated rings. The van der Waals surface area contributed by atoms with Crippen molar-refractivity contribution in [1.29, 1.82) is 0 Å². The van der Waals surface area contributed by atoms with Crippen LogP contribution < -0.4 is 10.6 Å². The van der Waals surface area contributed by atoms with Crippen LogP contribution in [0.4, 0.5) is 11.5 Å². The molecular weight excluding hydrogens is 378 g/mol. The minimum Gasteiger partial charge on any atom is -0.377 e. The highest BCUT2D eigenvalue weighted by atomic mass is 79.9. The number of hydrogen-bond donors (Lipinski definition) is 2. The largest absolute Gasteiger partial charge is 0.377 e. The van der Waals surface area contributed by atoms with Gasteiger partial charge in [-0.05, 0) is 42.8 Å². The Morgan fingerprint density at radius 2 is 1.84 bits per heavy atom. The number of aromatic nitrogens is 1. The molecular formula is C20H18BrN3O. The number of benzene rings is 2. The van der Waals surface area contributed by atoms with Crippen molar-refractivity contribution < 1.29 is 4.79 Å². The summed E-state index contributed by atoms with van der Waals surface area (Å²) in [5.41, 5.74) is 2.68. The molecule has 0 aliphatic rings. The van der Waals surface area contributed by atoms with Crippen molar-refractivity contribution in [3.63, 3.8) is 0 Å². The van der Waals surface area contributed by atoms with Crippen LogP contribution in [0.3, 0.4) is 0 Å². The lowest BCUT2D eigenvalue weighted by molar-refractivity contribution is 0.102. The Kier molecular flexibility index (Phi) is 5.46. The minimum atomic E-state index is -0.188. The second-order valence-electron chi connectivity index (χ2n) is 5.67. The summed E-state index contributed by atoms with van der Waals surface area (Å²) in [6.45, 7) is 2.10. The van der Waals surface area contributed by atoms with Gasteiger partial charge in [0.05, 0.1) is 11.9 Å². The van der Waals surface area contributed by atoms with Crippen LogP contribution in [0.2, 0.25) is 0 Å². The van der Waals surface area contributed by atoms with Gasteiger partial charge >= 0.3 is 0 Å². The van der Waals surface area contributed by atoms with Crippen molar-refractivity contribution in [2.75, 3.05) is 10.6 Å². The number of amides is 1. The summed E-state index contributed by atoms with van der Waals surface area (Å²) in [6, 6.07) is 21.3. The van der Waals surface area contributed by atoms with Crippen molar-refractivity contribution in [2.45, 2.75) is 13.0 Å². The highest BCUT2D eigenvalue weighted by molar-refractivity contribution is 9.10. The van der Waals surface area contributed by atoms with Crippen molar-refractivity contribution in [3.8, 4) is 0 Å². The molecule has 0 saturated carbocycles. The maximum Gasteiger partial charge on any atom is 0.256 e. The molecule has 3 aromatic rings. The van der Waals surface area contributed by atoms with E-state index in [0.29, 0.717) is 11.4 Å². The van der Waals surface area contributed by atoms with Gasteiger partial charge in [0, 0.05) is 16.1 Å². The Balaban J connectivity index is 1.63. The number of nitrogens with zero attached hydrogens (tertiary/aromatic N) is 1. The Morgan fingerprint density at radius 1 is 1.04 bits per heavy atom. The summed E-state index contributed by atoms with van der Waals surface area (Å²) < 4.78 is 0.863. The smallest absolute Gasteiger partial charge is 0.256 e. The summed E-state index contributed by atoms with van der Waals surface area (Å²) in [6.07, 6.45) is 1.72. The van der Waals surface area contributed by atoms with E-state index in [0.717, 1.165) is 10.2 Å². The third-order valence-electron chi connectivity index (χ3n) is 3.77. The lowest BCUT2D eigenvalue weighted by Crippen LogP contribution is -2.13. The highest BCUT2D eigenvalue weighted by Gasteiger charge is 2.08. The predicted octanol–water partition coefficient (Wildman–Crippen LogP) is 5.27. The molecule has 0 aliphatic heterocycles. The first-order valence-corrected chi connectivity index (χ1v) is 8.75. The quantitative estimate of drug-likeness (QED) is 0.618. The van der Waals surface area contributed by atoms with Gasteiger partial charge < -0.3 is 10.6 Å². The van der Waals surface area contributed by atoms with E-state index in [1.165, 1.54) is 5.56 Å². The minimum absolute atomic E-state index is 0.171. The number of pyridine rings is 1. The molecule has 2 N–H and O–H groups in total. The Labute approximate surface area is 155 Å². The topological polar surface area (TPSA) is 54.0 Å². The summed E-state index contributed by atoms with van der Waals surface area (Å²) in [4.78, 5) is 16.5. The molecule has 2 aromatic carbocycles. The maximum absolute atomic E-state index is 12.2. The van der Waals surface area contributed by atoms with Gasteiger partial charge in [-0.15, -0.1) is 0 Å². The molecule has 0 radical (unpaired) electrons. The van der Waals surface area contributed by atoms with Gasteiger partial charge in [-0.1, -0.05) is 52.3 Å². The number of halogens is 1. The summed E-state index contributed by atoms with van der Waals surface area (Å²) >= 11 is 3.36. The number of carbonyl (C=O) groups excluding carboxylic acids is 1. The molecule has 1 heterocycles. The predicted molar refractivity (Wildman–Crippen MR) is 105 cm³/mol. The molecule has 0 aliphatic carbocycles. The maximum atomic E-state index is 12.2. The first-order chi connectivity index (χ1) is 12.1. The molecule has 126 valence electrons. The zero-order valence-electron chi connectivity index (χ0n) is 13.7. The van der Waals surface area contributed by atoms with Gasteiger partial charge in [0.2, 0.25) is 0 Å². The highest BCUT2D eigenvalue weighted by Crippen LogP contribution is 2.19. The van der Waals surface area contributed by atoms with Gasteiger partial charge in [-0.2, -0.15) is 0 Å². The first kappa shape index (κ1) is 17.2. The molecule has 1 aromatic heterocycles. The number of nitrogens with one attached hydrogen (secondary N) is 2. The van der Waals surface area contributed by atoms with E-state index in [1.807, 2.05) is 36.4 Å². The van der Waals surface area contributed by atoms with Gasteiger partial charge in [0.15, 0.2) is 0 Å². The molecule has 1 unspecified atom stereocenters. The average Bonchev–Trinajstić information content (AvgIpc) is 2.64. The summed E-state index contributed by atoms with van der Waals surface area (Å²) in [7, 11) is 0. The van der Waals surface area contributed by atoms with Crippen molar-refractivity contribution in [2.24, 2.45) is 0 Å². The number of anilines is 2. The second kappa shape index (κ2) is 7.94.